The number of nitrogens with two attached hydrogens (primary N) is 1. The molecule has 0 saturated heterocycles. The Bertz CT molecular complexity index is 726. The van der Waals surface area contributed by atoms with E-state index in [9.17, 15) is 0 Å². The summed E-state index contributed by atoms with van der Waals surface area (Å²) in [7, 11) is 0. The van der Waals surface area contributed by atoms with Crippen molar-refractivity contribution in [3.8, 4) is 10.6 Å². The topological polar surface area (TPSA) is 76.7 Å². The van der Waals surface area contributed by atoms with Crippen molar-refractivity contribution in [3.05, 3.63) is 59.5 Å². The number of rotatable bonds is 6. The lowest BCUT2D eigenvalue weighted by Gasteiger charge is -2.04. The van der Waals surface area contributed by atoms with Gasteiger partial charge in [0.1, 0.15) is 17.2 Å². The van der Waals surface area contributed by atoms with Crippen molar-refractivity contribution < 1.29 is 0 Å². The molecular formula is C16H17N5S. The van der Waals surface area contributed by atoms with E-state index in [0.29, 0.717) is 13.1 Å². The first-order valence-electron chi connectivity index (χ1n) is 7.10. The van der Waals surface area contributed by atoms with E-state index in [0.717, 1.165) is 33.4 Å². The molecule has 0 spiro atoms. The van der Waals surface area contributed by atoms with E-state index in [4.69, 9.17) is 5.73 Å². The van der Waals surface area contributed by atoms with Crippen LogP contribution in [0.25, 0.3) is 10.6 Å². The van der Waals surface area contributed by atoms with Crippen LogP contribution in [0.2, 0.25) is 0 Å². The zero-order chi connectivity index (χ0) is 15.2. The summed E-state index contributed by atoms with van der Waals surface area (Å²) in [6.45, 7) is 1.29. The molecule has 0 bridgehead atoms. The molecule has 0 aliphatic heterocycles. The lowest BCUT2D eigenvalue weighted by Crippen LogP contribution is -2.06. The number of anilines is 1. The summed E-state index contributed by atoms with van der Waals surface area (Å²) in [5, 5.41) is 4.33. The van der Waals surface area contributed by atoms with E-state index in [1.54, 1.807) is 17.7 Å². The van der Waals surface area contributed by atoms with Gasteiger partial charge in [0.05, 0.1) is 6.54 Å². The van der Waals surface area contributed by atoms with Crippen LogP contribution in [-0.2, 0) is 13.0 Å². The molecule has 0 unspecified atom stereocenters. The molecule has 0 radical (unpaired) electrons. The molecule has 2 heterocycles. The van der Waals surface area contributed by atoms with Crippen molar-refractivity contribution in [2.24, 2.45) is 5.73 Å². The summed E-state index contributed by atoms with van der Waals surface area (Å²) in [5.74, 6) is 0.813. The maximum atomic E-state index is 5.55. The molecule has 5 nitrogen and oxygen atoms in total. The number of hydrogen-bond acceptors (Lipinski definition) is 6. The Hall–Kier alpha value is -2.31. The lowest BCUT2D eigenvalue weighted by atomic mass is 10.2. The molecule has 2 aromatic heterocycles. The Kier molecular flexibility index (Phi) is 4.72. The highest BCUT2D eigenvalue weighted by molar-refractivity contribution is 7.15. The van der Waals surface area contributed by atoms with Crippen molar-refractivity contribution in [2.75, 3.05) is 11.9 Å². The molecule has 0 aliphatic rings. The number of thiazole rings is 1. The molecule has 0 atom stereocenters. The second-order valence-corrected chi connectivity index (χ2v) is 5.90. The van der Waals surface area contributed by atoms with E-state index < -0.39 is 0 Å². The van der Waals surface area contributed by atoms with Gasteiger partial charge in [0.2, 0.25) is 0 Å². The average molecular weight is 311 g/mol. The van der Waals surface area contributed by atoms with Crippen LogP contribution in [-0.4, -0.2) is 21.5 Å². The smallest absolute Gasteiger partial charge is 0.129 e. The van der Waals surface area contributed by atoms with Gasteiger partial charge in [-0.15, -0.1) is 11.3 Å². The van der Waals surface area contributed by atoms with Crippen molar-refractivity contribution in [1.29, 1.82) is 0 Å². The van der Waals surface area contributed by atoms with Crippen molar-refractivity contribution >= 4 is 17.2 Å². The van der Waals surface area contributed by atoms with Crippen LogP contribution in [0.5, 0.6) is 0 Å². The summed E-state index contributed by atoms with van der Waals surface area (Å²) in [5.41, 5.74) is 7.64. The van der Waals surface area contributed by atoms with E-state index >= 15 is 0 Å². The van der Waals surface area contributed by atoms with Crippen LogP contribution in [0.1, 0.15) is 10.6 Å². The third-order valence-electron chi connectivity index (χ3n) is 3.14. The maximum Gasteiger partial charge on any atom is 0.129 e. The molecule has 0 aliphatic carbocycles. The van der Waals surface area contributed by atoms with Gasteiger partial charge in [-0.2, -0.15) is 0 Å². The van der Waals surface area contributed by atoms with Crippen LogP contribution < -0.4 is 11.1 Å². The van der Waals surface area contributed by atoms with Crippen LogP contribution in [0.4, 0.5) is 5.82 Å². The second-order valence-electron chi connectivity index (χ2n) is 4.78. The third kappa shape index (κ3) is 3.66. The molecule has 3 aromatic rings. The van der Waals surface area contributed by atoms with Gasteiger partial charge in [0.15, 0.2) is 0 Å². The Morgan fingerprint density at radius 2 is 1.95 bits per heavy atom. The van der Waals surface area contributed by atoms with Crippen molar-refractivity contribution in [3.63, 3.8) is 0 Å². The maximum absolute atomic E-state index is 5.55. The Balaban J connectivity index is 1.65. The van der Waals surface area contributed by atoms with E-state index in [2.05, 4.69) is 32.4 Å². The fourth-order valence-corrected chi connectivity index (χ4v) is 2.92. The SMILES string of the molecule is NCCc1cc(NCc2cnc(-c3ccccc3)s2)ncn1. The van der Waals surface area contributed by atoms with Gasteiger partial charge in [0, 0.05) is 34.8 Å². The first-order valence-corrected chi connectivity index (χ1v) is 7.92. The molecule has 22 heavy (non-hydrogen) atoms. The summed E-state index contributed by atoms with van der Waals surface area (Å²) in [4.78, 5) is 14.0. The van der Waals surface area contributed by atoms with Gasteiger partial charge >= 0.3 is 0 Å². The zero-order valence-electron chi connectivity index (χ0n) is 12.1. The van der Waals surface area contributed by atoms with E-state index in [1.165, 1.54) is 0 Å². The Morgan fingerprint density at radius 1 is 1.09 bits per heavy atom. The largest absolute Gasteiger partial charge is 0.365 e. The van der Waals surface area contributed by atoms with E-state index in [1.807, 2.05) is 30.5 Å². The fourth-order valence-electron chi connectivity index (χ4n) is 2.06. The number of benzene rings is 1. The van der Waals surface area contributed by atoms with Crippen LogP contribution in [0, 0.1) is 0 Å². The van der Waals surface area contributed by atoms with Crippen LogP contribution in [0.3, 0.4) is 0 Å². The number of hydrogen-bond donors (Lipinski definition) is 2. The lowest BCUT2D eigenvalue weighted by molar-refractivity contribution is 0.908. The van der Waals surface area contributed by atoms with Gasteiger partial charge < -0.3 is 11.1 Å². The summed E-state index contributed by atoms with van der Waals surface area (Å²) >= 11 is 1.68. The Morgan fingerprint density at radius 3 is 2.77 bits per heavy atom. The van der Waals surface area contributed by atoms with Crippen LogP contribution >= 0.6 is 11.3 Å². The van der Waals surface area contributed by atoms with Gasteiger partial charge in [-0.25, -0.2) is 15.0 Å². The number of nitrogens with one attached hydrogen (secondary N) is 1. The molecular weight excluding hydrogens is 294 g/mol. The first kappa shape index (κ1) is 14.6. The predicted octanol–water partition coefficient (Wildman–Crippen LogP) is 2.71. The summed E-state index contributed by atoms with van der Waals surface area (Å²) < 4.78 is 0. The number of aromatic nitrogens is 3. The van der Waals surface area contributed by atoms with Gasteiger partial charge in [-0.3, -0.25) is 0 Å². The minimum atomic E-state index is 0.589. The quantitative estimate of drug-likeness (QED) is 0.732. The number of nitrogens with zero attached hydrogens (tertiary/aromatic N) is 3. The van der Waals surface area contributed by atoms with Gasteiger partial charge in [0.25, 0.3) is 0 Å². The van der Waals surface area contributed by atoms with Crippen LogP contribution in [0.15, 0.2) is 48.9 Å². The second kappa shape index (κ2) is 7.11. The van der Waals surface area contributed by atoms with Crippen molar-refractivity contribution in [2.45, 2.75) is 13.0 Å². The van der Waals surface area contributed by atoms with Crippen molar-refractivity contribution in [1.82, 2.24) is 15.0 Å². The first-order chi connectivity index (χ1) is 10.8. The molecule has 112 valence electrons. The minimum absolute atomic E-state index is 0.589. The van der Waals surface area contributed by atoms with Gasteiger partial charge in [-0.1, -0.05) is 30.3 Å². The molecule has 3 rings (SSSR count). The normalized spacial score (nSPS) is 10.6. The highest BCUT2D eigenvalue weighted by Gasteiger charge is 2.05. The molecule has 0 amide bonds. The molecule has 6 heteroatoms. The minimum Gasteiger partial charge on any atom is -0.365 e. The third-order valence-corrected chi connectivity index (χ3v) is 4.19. The summed E-state index contributed by atoms with van der Waals surface area (Å²) in [6, 6.07) is 12.1. The predicted molar refractivity (Wildman–Crippen MR) is 89.7 cm³/mol. The fraction of sp³-hybridized carbons (Fsp3) is 0.188. The molecule has 0 fully saturated rings. The Labute approximate surface area is 133 Å². The zero-order valence-corrected chi connectivity index (χ0v) is 12.9. The standard InChI is InChI=1S/C16H17N5S/c17-7-6-13-8-15(21-11-20-13)18-9-14-10-19-16(22-14)12-4-2-1-3-5-12/h1-5,8,10-11H,6-7,9,17H2,(H,18,20,21). The molecule has 0 saturated carbocycles. The monoisotopic (exact) mass is 311 g/mol. The summed E-state index contributed by atoms with van der Waals surface area (Å²) in [6.07, 6.45) is 4.23. The highest BCUT2D eigenvalue weighted by Crippen LogP contribution is 2.25. The van der Waals surface area contributed by atoms with E-state index in [-0.39, 0.29) is 0 Å². The average Bonchev–Trinajstić information content (AvgIpc) is 3.04. The molecule has 3 N–H and O–H groups in total. The highest BCUT2D eigenvalue weighted by atomic mass is 32.1. The molecule has 1 aromatic carbocycles. The van der Waals surface area contributed by atoms with Gasteiger partial charge in [-0.05, 0) is 6.54 Å².